The van der Waals surface area contributed by atoms with Crippen LogP contribution in [0.3, 0.4) is 0 Å². The first-order valence-electron chi connectivity index (χ1n) is 8.36. The van der Waals surface area contributed by atoms with Crippen LogP contribution in [0.2, 0.25) is 0 Å². The molecule has 1 N–H and O–H groups in total. The van der Waals surface area contributed by atoms with E-state index >= 15 is 0 Å². The number of nitrogens with zero attached hydrogens (tertiary/aromatic N) is 2. The normalized spacial score (nSPS) is 20.9. The van der Waals surface area contributed by atoms with Gasteiger partial charge in [-0.1, -0.05) is 36.4 Å². The first-order valence-corrected chi connectivity index (χ1v) is 8.36. The predicted molar refractivity (Wildman–Crippen MR) is 93.5 cm³/mol. The lowest BCUT2D eigenvalue weighted by Gasteiger charge is -2.26. The Kier molecular flexibility index (Phi) is 6.29. The lowest BCUT2D eigenvalue weighted by atomic mass is 9.76. The summed E-state index contributed by atoms with van der Waals surface area (Å²) in [6.45, 7) is 5.62. The van der Waals surface area contributed by atoms with E-state index in [-0.39, 0.29) is 24.8 Å². The molecular formula is C19H26N2O3. The number of aliphatic hydroxyl groups excluding tert-OH is 1. The average Bonchev–Trinajstić information content (AvgIpc) is 2.81. The van der Waals surface area contributed by atoms with E-state index in [1.165, 1.54) is 4.90 Å². The second-order valence-electron chi connectivity index (χ2n) is 6.35. The van der Waals surface area contributed by atoms with E-state index in [4.69, 9.17) is 5.11 Å². The van der Waals surface area contributed by atoms with E-state index in [1.807, 2.05) is 42.3 Å². The van der Waals surface area contributed by atoms with Gasteiger partial charge < -0.3 is 10.0 Å². The molecule has 0 aromatic heterocycles. The van der Waals surface area contributed by atoms with Gasteiger partial charge in [-0.3, -0.25) is 14.5 Å². The minimum absolute atomic E-state index is 0.106. The topological polar surface area (TPSA) is 60.9 Å². The third-order valence-corrected chi connectivity index (χ3v) is 4.63. The third-order valence-electron chi connectivity index (χ3n) is 4.63. The fraction of sp³-hybridized carbons (Fsp3) is 0.474. The van der Waals surface area contributed by atoms with Crippen molar-refractivity contribution in [3.8, 4) is 0 Å². The van der Waals surface area contributed by atoms with Gasteiger partial charge in [0.25, 0.3) is 0 Å². The number of benzene rings is 1. The van der Waals surface area contributed by atoms with E-state index in [0.717, 1.165) is 12.1 Å². The van der Waals surface area contributed by atoms with Gasteiger partial charge in [-0.2, -0.15) is 0 Å². The van der Waals surface area contributed by atoms with E-state index in [0.29, 0.717) is 25.9 Å². The molecule has 130 valence electrons. The van der Waals surface area contributed by atoms with E-state index in [1.54, 1.807) is 6.08 Å². The molecule has 1 aromatic carbocycles. The summed E-state index contributed by atoms with van der Waals surface area (Å²) < 4.78 is 0. The number of rotatable bonds is 9. The summed E-state index contributed by atoms with van der Waals surface area (Å²) in [5, 5.41) is 8.92. The molecule has 0 radical (unpaired) electrons. The average molecular weight is 330 g/mol. The number of aliphatic hydroxyl groups is 1. The van der Waals surface area contributed by atoms with Gasteiger partial charge in [-0.05, 0) is 32.0 Å². The largest absolute Gasteiger partial charge is 0.395 e. The molecule has 5 nitrogen and oxygen atoms in total. The fourth-order valence-corrected chi connectivity index (χ4v) is 3.31. The molecule has 24 heavy (non-hydrogen) atoms. The predicted octanol–water partition coefficient (Wildman–Crippen LogP) is 1.57. The first-order chi connectivity index (χ1) is 11.5. The summed E-state index contributed by atoms with van der Waals surface area (Å²) >= 11 is 0. The summed E-state index contributed by atoms with van der Waals surface area (Å²) in [6, 6.07) is 9.51. The summed E-state index contributed by atoms with van der Waals surface area (Å²) in [5.74, 6) is -0.237. The van der Waals surface area contributed by atoms with E-state index in [9.17, 15) is 9.59 Å². The van der Waals surface area contributed by atoms with Crippen LogP contribution in [0, 0.1) is 0 Å². The molecule has 0 bridgehead atoms. The van der Waals surface area contributed by atoms with Crippen molar-refractivity contribution < 1.29 is 14.7 Å². The number of amides is 2. The first kappa shape index (κ1) is 18.4. The van der Waals surface area contributed by atoms with Crippen molar-refractivity contribution in [3.63, 3.8) is 0 Å². The summed E-state index contributed by atoms with van der Waals surface area (Å²) in [7, 11) is 1.91. The van der Waals surface area contributed by atoms with Crippen LogP contribution >= 0.6 is 0 Å². The highest BCUT2D eigenvalue weighted by atomic mass is 16.3. The van der Waals surface area contributed by atoms with Gasteiger partial charge in [0, 0.05) is 19.5 Å². The molecule has 1 atom stereocenters. The van der Waals surface area contributed by atoms with Crippen LogP contribution in [0.15, 0.2) is 43.0 Å². The Morgan fingerprint density at radius 3 is 2.62 bits per heavy atom. The van der Waals surface area contributed by atoms with Crippen molar-refractivity contribution in [1.29, 1.82) is 0 Å². The molecule has 1 aliphatic rings. The molecule has 5 heteroatoms. The van der Waals surface area contributed by atoms with Crippen LogP contribution in [0.4, 0.5) is 0 Å². The molecular weight excluding hydrogens is 304 g/mol. The summed E-state index contributed by atoms with van der Waals surface area (Å²) in [6.07, 6.45) is 3.08. The molecule has 1 aromatic rings. The zero-order valence-electron chi connectivity index (χ0n) is 14.3. The van der Waals surface area contributed by atoms with Crippen molar-refractivity contribution in [3.05, 3.63) is 48.6 Å². The van der Waals surface area contributed by atoms with Gasteiger partial charge in [0.1, 0.15) is 0 Å². The van der Waals surface area contributed by atoms with Crippen molar-refractivity contribution in [2.45, 2.75) is 24.7 Å². The monoisotopic (exact) mass is 330 g/mol. The molecule has 1 unspecified atom stereocenters. The number of carbonyl (C=O) groups is 2. The Morgan fingerprint density at radius 1 is 1.29 bits per heavy atom. The molecule has 0 saturated carbocycles. The molecule has 0 aliphatic carbocycles. The Balaban J connectivity index is 2.12. The van der Waals surface area contributed by atoms with Gasteiger partial charge in [-0.25, -0.2) is 0 Å². The highest BCUT2D eigenvalue weighted by Gasteiger charge is 2.51. The van der Waals surface area contributed by atoms with E-state index in [2.05, 4.69) is 6.58 Å². The molecule has 1 aliphatic heterocycles. The standard InChI is InChI=1S/C19H26N2O3/c1-3-10-19(16-8-5-4-6-9-16)15-17(23)21(18(19)24)12-7-11-20(2)13-14-22/h3-6,8-9,22H,1,7,10-15H2,2H3. The van der Waals surface area contributed by atoms with Crippen molar-refractivity contribution in [2.75, 3.05) is 33.3 Å². The number of carbonyl (C=O) groups excluding carboxylic acids is 2. The van der Waals surface area contributed by atoms with Crippen LogP contribution in [-0.4, -0.2) is 60.0 Å². The Morgan fingerprint density at radius 2 is 2.00 bits per heavy atom. The lowest BCUT2D eigenvalue weighted by molar-refractivity contribution is -0.140. The molecule has 1 fully saturated rings. The minimum Gasteiger partial charge on any atom is -0.395 e. The van der Waals surface area contributed by atoms with Crippen LogP contribution in [0.25, 0.3) is 0 Å². The molecule has 2 amide bonds. The highest BCUT2D eigenvalue weighted by Crippen LogP contribution is 2.40. The smallest absolute Gasteiger partial charge is 0.240 e. The van der Waals surface area contributed by atoms with Crippen molar-refractivity contribution >= 4 is 11.8 Å². The zero-order valence-corrected chi connectivity index (χ0v) is 14.3. The fourth-order valence-electron chi connectivity index (χ4n) is 3.31. The van der Waals surface area contributed by atoms with Gasteiger partial charge in [0.15, 0.2) is 0 Å². The number of hydrogen-bond donors (Lipinski definition) is 1. The van der Waals surface area contributed by atoms with Crippen LogP contribution in [0.5, 0.6) is 0 Å². The SMILES string of the molecule is C=CCC1(c2ccccc2)CC(=O)N(CCCN(C)CCO)C1=O. The maximum atomic E-state index is 13.0. The van der Waals surface area contributed by atoms with Gasteiger partial charge >= 0.3 is 0 Å². The number of likely N-dealkylation sites (tertiary alicyclic amines) is 1. The molecule has 1 saturated heterocycles. The molecule has 0 spiro atoms. The van der Waals surface area contributed by atoms with Crippen molar-refractivity contribution in [1.82, 2.24) is 9.80 Å². The van der Waals surface area contributed by atoms with Crippen molar-refractivity contribution in [2.24, 2.45) is 0 Å². The Bertz CT molecular complexity index is 588. The molecule has 2 rings (SSSR count). The Labute approximate surface area is 143 Å². The third kappa shape index (κ3) is 3.74. The number of likely N-dealkylation sites (N-methyl/N-ethyl adjacent to an activating group) is 1. The van der Waals surface area contributed by atoms with Gasteiger partial charge in [0.05, 0.1) is 12.0 Å². The Hall–Kier alpha value is -1.98. The number of allylic oxidation sites excluding steroid dienone is 1. The second kappa shape index (κ2) is 8.22. The van der Waals surface area contributed by atoms with Gasteiger partial charge in [-0.15, -0.1) is 6.58 Å². The second-order valence-corrected chi connectivity index (χ2v) is 6.35. The van der Waals surface area contributed by atoms with E-state index < -0.39 is 5.41 Å². The summed E-state index contributed by atoms with van der Waals surface area (Å²) in [4.78, 5) is 28.9. The van der Waals surface area contributed by atoms with Gasteiger partial charge in [0.2, 0.25) is 11.8 Å². The highest BCUT2D eigenvalue weighted by molar-refractivity contribution is 6.09. The van der Waals surface area contributed by atoms with Crippen LogP contribution in [-0.2, 0) is 15.0 Å². The zero-order chi connectivity index (χ0) is 17.6. The quantitative estimate of drug-likeness (QED) is 0.551. The van der Waals surface area contributed by atoms with Crippen LogP contribution < -0.4 is 0 Å². The van der Waals surface area contributed by atoms with Crippen LogP contribution in [0.1, 0.15) is 24.8 Å². The number of hydrogen-bond acceptors (Lipinski definition) is 4. The maximum absolute atomic E-state index is 13.0. The maximum Gasteiger partial charge on any atom is 0.240 e. The summed E-state index contributed by atoms with van der Waals surface area (Å²) in [5.41, 5.74) is 0.0695. The molecule has 1 heterocycles. The minimum atomic E-state index is -0.808. The lowest BCUT2D eigenvalue weighted by Crippen LogP contribution is -2.39. The number of imide groups is 1.